The van der Waals surface area contributed by atoms with Crippen LogP contribution in [0.3, 0.4) is 0 Å². The fourth-order valence-electron chi connectivity index (χ4n) is 1.99. The molecule has 0 aliphatic rings. The van der Waals surface area contributed by atoms with Crippen LogP contribution in [-0.4, -0.2) is 12.1 Å². The van der Waals surface area contributed by atoms with E-state index in [9.17, 15) is 0 Å². The van der Waals surface area contributed by atoms with Crippen molar-refractivity contribution < 1.29 is 4.74 Å². The summed E-state index contributed by atoms with van der Waals surface area (Å²) in [7, 11) is 1.70. The number of aromatic nitrogens is 1. The van der Waals surface area contributed by atoms with Crippen LogP contribution in [0.4, 0.5) is 0 Å². The van der Waals surface area contributed by atoms with Gasteiger partial charge in [0.2, 0.25) is 0 Å². The van der Waals surface area contributed by atoms with Gasteiger partial charge in [-0.1, -0.05) is 30.3 Å². The average Bonchev–Trinajstić information content (AvgIpc) is 2.91. The zero-order valence-corrected chi connectivity index (χ0v) is 10.2. The largest absolute Gasteiger partial charge is 0.496 e. The van der Waals surface area contributed by atoms with Crippen LogP contribution in [0, 0.1) is 0 Å². The molecular formula is C14H11NOS. The van der Waals surface area contributed by atoms with E-state index in [-0.39, 0.29) is 0 Å². The van der Waals surface area contributed by atoms with Gasteiger partial charge in [-0.3, -0.25) is 0 Å². The smallest absolute Gasteiger partial charge is 0.129 e. The summed E-state index contributed by atoms with van der Waals surface area (Å²) in [6.45, 7) is 0. The molecule has 17 heavy (non-hydrogen) atoms. The summed E-state index contributed by atoms with van der Waals surface area (Å²) >= 11 is 1.63. The molecule has 0 spiro atoms. The predicted octanol–water partition coefficient (Wildman–Crippen LogP) is 3.97. The van der Waals surface area contributed by atoms with Crippen LogP contribution < -0.4 is 4.74 Å². The van der Waals surface area contributed by atoms with Crippen molar-refractivity contribution in [3.8, 4) is 16.3 Å². The molecule has 2 nitrogen and oxygen atoms in total. The Kier molecular flexibility index (Phi) is 2.53. The molecule has 0 fully saturated rings. The van der Waals surface area contributed by atoms with Gasteiger partial charge >= 0.3 is 0 Å². The molecule has 1 heterocycles. The highest BCUT2D eigenvalue weighted by Crippen LogP contribution is 2.37. The van der Waals surface area contributed by atoms with E-state index in [1.54, 1.807) is 18.4 Å². The van der Waals surface area contributed by atoms with E-state index in [1.807, 2.05) is 29.8 Å². The molecule has 0 atom stereocenters. The fraction of sp³-hybridized carbons (Fsp3) is 0.0714. The van der Waals surface area contributed by atoms with E-state index < -0.39 is 0 Å². The Balaban J connectivity index is 2.39. The number of ether oxygens (including phenoxy) is 1. The van der Waals surface area contributed by atoms with E-state index in [2.05, 4.69) is 23.2 Å². The number of hydrogen-bond donors (Lipinski definition) is 0. The molecule has 0 aliphatic heterocycles. The molecule has 0 amide bonds. The second-order valence-electron chi connectivity index (χ2n) is 3.70. The Morgan fingerprint density at radius 2 is 2.00 bits per heavy atom. The SMILES string of the molecule is COc1ccc2ccccc2c1-c1nccs1. The van der Waals surface area contributed by atoms with Crippen molar-refractivity contribution in [3.05, 3.63) is 48.0 Å². The molecule has 3 rings (SSSR count). The van der Waals surface area contributed by atoms with Gasteiger partial charge in [-0.05, 0) is 16.8 Å². The lowest BCUT2D eigenvalue weighted by molar-refractivity contribution is 0.417. The Morgan fingerprint density at radius 3 is 2.76 bits per heavy atom. The van der Waals surface area contributed by atoms with Crippen LogP contribution in [0.5, 0.6) is 5.75 Å². The third-order valence-electron chi connectivity index (χ3n) is 2.76. The topological polar surface area (TPSA) is 22.1 Å². The highest BCUT2D eigenvalue weighted by Gasteiger charge is 2.12. The van der Waals surface area contributed by atoms with Gasteiger partial charge in [0.05, 0.1) is 12.7 Å². The Hall–Kier alpha value is -1.87. The average molecular weight is 241 g/mol. The lowest BCUT2D eigenvalue weighted by atomic mass is 10.0. The number of nitrogens with zero attached hydrogens (tertiary/aromatic N) is 1. The first-order valence-electron chi connectivity index (χ1n) is 5.36. The van der Waals surface area contributed by atoms with Crippen LogP contribution in [0.2, 0.25) is 0 Å². The molecule has 1 aromatic heterocycles. The Morgan fingerprint density at radius 1 is 1.12 bits per heavy atom. The molecule has 0 saturated carbocycles. The molecule has 2 aromatic carbocycles. The van der Waals surface area contributed by atoms with Gasteiger partial charge in [0, 0.05) is 11.6 Å². The van der Waals surface area contributed by atoms with Gasteiger partial charge in [-0.25, -0.2) is 4.98 Å². The van der Waals surface area contributed by atoms with Crippen molar-refractivity contribution in [3.63, 3.8) is 0 Å². The van der Waals surface area contributed by atoms with Crippen LogP contribution in [0.1, 0.15) is 0 Å². The summed E-state index contributed by atoms with van der Waals surface area (Å²) in [5, 5.41) is 5.37. The number of thiazole rings is 1. The van der Waals surface area contributed by atoms with E-state index in [0.717, 1.165) is 16.3 Å². The minimum atomic E-state index is 0.874. The number of hydrogen-bond acceptors (Lipinski definition) is 3. The van der Waals surface area contributed by atoms with Crippen LogP contribution >= 0.6 is 11.3 Å². The second kappa shape index (κ2) is 4.18. The van der Waals surface area contributed by atoms with E-state index in [1.165, 1.54) is 10.8 Å². The monoisotopic (exact) mass is 241 g/mol. The highest BCUT2D eigenvalue weighted by molar-refractivity contribution is 7.13. The Bertz CT molecular complexity index is 646. The standard InChI is InChI=1S/C14H11NOS/c1-16-12-7-6-10-4-2-3-5-11(10)13(12)14-15-8-9-17-14/h2-9H,1H3. The molecule has 3 heteroatoms. The molecular weight excluding hydrogens is 230 g/mol. The van der Waals surface area contributed by atoms with Crippen LogP contribution in [0.15, 0.2) is 48.0 Å². The van der Waals surface area contributed by atoms with Crippen LogP contribution in [0.25, 0.3) is 21.3 Å². The maximum Gasteiger partial charge on any atom is 0.129 e. The molecule has 84 valence electrons. The highest BCUT2D eigenvalue weighted by atomic mass is 32.1. The minimum Gasteiger partial charge on any atom is -0.496 e. The fourth-order valence-corrected chi connectivity index (χ4v) is 2.69. The first kappa shape index (κ1) is 10.3. The van der Waals surface area contributed by atoms with Crippen molar-refractivity contribution in [2.75, 3.05) is 7.11 Å². The quantitative estimate of drug-likeness (QED) is 0.677. The first-order valence-corrected chi connectivity index (χ1v) is 6.24. The van der Waals surface area contributed by atoms with Crippen molar-refractivity contribution in [1.82, 2.24) is 4.98 Å². The van der Waals surface area contributed by atoms with Gasteiger partial charge in [-0.15, -0.1) is 11.3 Å². The zero-order valence-electron chi connectivity index (χ0n) is 9.38. The summed E-state index contributed by atoms with van der Waals surface area (Å²) in [6.07, 6.45) is 1.82. The minimum absolute atomic E-state index is 0.874. The molecule has 0 N–H and O–H groups in total. The number of rotatable bonds is 2. The predicted molar refractivity (Wildman–Crippen MR) is 71.6 cm³/mol. The third-order valence-corrected chi connectivity index (χ3v) is 3.55. The summed E-state index contributed by atoms with van der Waals surface area (Å²) in [5.41, 5.74) is 1.08. The maximum atomic E-state index is 5.44. The zero-order chi connectivity index (χ0) is 11.7. The third kappa shape index (κ3) is 1.68. The molecule has 0 unspecified atom stereocenters. The molecule has 3 aromatic rings. The van der Waals surface area contributed by atoms with Gasteiger partial charge in [0.15, 0.2) is 0 Å². The summed E-state index contributed by atoms with van der Waals surface area (Å²) in [4.78, 5) is 4.38. The first-order chi connectivity index (χ1) is 8.40. The van der Waals surface area contributed by atoms with Crippen molar-refractivity contribution in [2.45, 2.75) is 0 Å². The number of methoxy groups -OCH3 is 1. The summed E-state index contributed by atoms with van der Waals surface area (Å²) < 4.78 is 5.44. The lowest BCUT2D eigenvalue weighted by Crippen LogP contribution is -1.89. The number of fused-ring (bicyclic) bond motifs is 1. The van der Waals surface area contributed by atoms with E-state index in [0.29, 0.717) is 0 Å². The molecule has 0 bridgehead atoms. The normalized spacial score (nSPS) is 10.6. The van der Waals surface area contributed by atoms with Crippen LogP contribution in [-0.2, 0) is 0 Å². The second-order valence-corrected chi connectivity index (χ2v) is 4.60. The van der Waals surface area contributed by atoms with Gasteiger partial charge in [-0.2, -0.15) is 0 Å². The Labute approximate surface area is 104 Å². The van der Waals surface area contributed by atoms with Crippen molar-refractivity contribution >= 4 is 22.1 Å². The lowest BCUT2D eigenvalue weighted by Gasteiger charge is -2.09. The van der Waals surface area contributed by atoms with Gasteiger partial charge in [0.25, 0.3) is 0 Å². The summed E-state index contributed by atoms with van der Waals surface area (Å²) in [5.74, 6) is 0.874. The van der Waals surface area contributed by atoms with Crippen molar-refractivity contribution in [1.29, 1.82) is 0 Å². The van der Waals surface area contributed by atoms with Gasteiger partial charge in [0.1, 0.15) is 10.8 Å². The molecule has 0 saturated heterocycles. The molecule has 0 aliphatic carbocycles. The maximum absolute atomic E-state index is 5.44. The number of benzene rings is 2. The van der Waals surface area contributed by atoms with Crippen molar-refractivity contribution in [2.24, 2.45) is 0 Å². The molecule has 0 radical (unpaired) electrons. The van der Waals surface area contributed by atoms with E-state index in [4.69, 9.17) is 4.74 Å². The summed E-state index contributed by atoms with van der Waals surface area (Å²) in [6, 6.07) is 12.4. The van der Waals surface area contributed by atoms with E-state index >= 15 is 0 Å². The van der Waals surface area contributed by atoms with Gasteiger partial charge < -0.3 is 4.74 Å².